The molecule has 216 valence electrons. The average molecular weight is 559 g/mol. The molecule has 3 N–H and O–H groups in total. The Labute approximate surface area is 240 Å². The Kier molecular flexibility index (Phi) is 13.7. The second kappa shape index (κ2) is 16.5. The molecule has 7 nitrogen and oxygen atoms in total. The van der Waals surface area contributed by atoms with E-state index >= 15 is 0 Å². The largest absolute Gasteiger partial charge is 0.354 e. The summed E-state index contributed by atoms with van der Waals surface area (Å²) in [6.45, 7) is 11.3. The lowest BCUT2D eigenvalue weighted by atomic mass is 10.00. The lowest BCUT2D eigenvalue weighted by Gasteiger charge is -2.29. The predicted molar refractivity (Wildman–Crippen MR) is 161 cm³/mol. The van der Waals surface area contributed by atoms with Crippen LogP contribution in [0.3, 0.4) is 0 Å². The molecule has 1 heterocycles. The van der Waals surface area contributed by atoms with Gasteiger partial charge in [0.25, 0.3) is 0 Å². The molecule has 3 rings (SSSR count). The number of rotatable bonds is 14. The minimum Gasteiger partial charge on any atom is -0.354 e. The highest BCUT2D eigenvalue weighted by Gasteiger charge is 2.37. The number of hydrogen-bond acceptors (Lipinski definition) is 4. The van der Waals surface area contributed by atoms with Crippen LogP contribution < -0.4 is 16.0 Å². The smallest absolute Gasteiger partial charge is 0.243 e. The Morgan fingerprint density at radius 1 is 1.00 bits per heavy atom. The molecule has 1 saturated heterocycles. The lowest BCUT2D eigenvalue weighted by Crippen LogP contribution is -2.54. The molecule has 0 spiro atoms. The van der Waals surface area contributed by atoms with E-state index in [1.807, 2.05) is 32.0 Å². The van der Waals surface area contributed by atoms with Crippen molar-refractivity contribution in [3.8, 4) is 0 Å². The van der Waals surface area contributed by atoms with Gasteiger partial charge < -0.3 is 20.9 Å². The summed E-state index contributed by atoms with van der Waals surface area (Å²) in [7, 11) is 0. The molecule has 8 heteroatoms. The van der Waals surface area contributed by atoms with Gasteiger partial charge in [-0.1, -0.05) is 70.2 Å². The van der Waals surface area contributed by atoms with Gasteiger partial charge in [0, 0.05) is 25.4 Å². The van der Waals surface area contributed by atoms with Crippen LogP contribution in [-0.4, -0.2) is 60.9 Å². The molecule has 0 saturated carbocycles. The molecule has 1 fully saturated rings. The van der Waals surface area contributed by atoms with Crippen molar-refractivity contribution in [3.63, 3.8) is 0 Å². The van der Waals surface area contributed by atoms with Crippen LogP contribution in [0.5, 0.6) is 0 Å². The van der Waals surface area contributed by atoms with Crippen molar-refractivity contribution >= 4 is 40.9 Å². The Hall–Kier alpha value is -2.64. The van der Waals surface area contributed by atoms with E-state index in [2.05, 4.69) is 54.1 Å². The zero-order valence-electron chi connectivity index (χ0n) is 24.0. The predicted octanol–water partition coefficient (Wildman–Crippen LogP) is 4.47. The van der Waals surface area contributed by atoms with Crippen molar-refractivity contribution in [2.45, 2.75) is 78.3 Å². The molecule has 2 aromatic carbocycles. The summed E-state index contributed by atoms with van der Waals surface area (Å²) >= 11 is 0. The Bertz CT molecular complexity index is 1070. The molecule has 0 unspecified atom stereocenters. The zero-order valence-corrected chi connectivity index (χ0v) is 24.8. The zero-order chi connectivity index (χ0) is 27.5. The van der Waals surface area contributed by atoms with Gasteiger partial charge in [-0.05, 0) is 67.4 Å². The first kappa shape index (κ1) is 32.6. The maximum absolute atomic E-state index is 13.5. The SMILES string of the molecule is CCC(CC)C(=O)N1CCC[C@H]1C(=O)N[C@H](Cc1ccc2ccccc2c1)C(=O)NCCCNCC(C)C.Cl. The molecular formula is C31H47ClN4O3. The number of halogens is 1. The summed E-state index contributed by atoms with van der Waals surface area (Å²) in [6, 6.07) is 13.0. The Morgan fingerprint density at radius 3 is 2.41 bits per heavy atom. The highest BCUT2D eigenvalue weighted by atomic mass is 35.5. The van der Waals surface area contributed by atoms with Crippen molar-refractivity contribution < 1.29 is 14.4 Å². The van der Waals surface area contributed by atoms with Crippen molar-refractivity contribution in [1.82, 2.24) is 20.9 Å². The average Bonchev–Trinajstić information content (AvgIpc) is 3.41. The topological polar surface area (TPSA) is 90.5 Å². The molecule has 2 atom stereocenters. The highest BCUT2D eigenvalue weighted by Crippen LogP contribution is 2.23. The van der Waals surface area contributed by atoms with E-state index in [-0.39, 0.29) is 36.0 Å². The van der Waals surface area contributed by atoms with E-state index < -0.39 is 12.1 Å². The van der Waals surface area contributed by atoms with Crippen LogP contribution in [0.1, 0.15) is 65.4 Å². The second-order valence-electron chi connectivity index (χ2n) is 10.9. The standard InChI is InChI=1S/C31H46N4O3.ClH/c1-5-24(6-2)31(38)35-18-9-13-28(35)30(37)34-27(29(36)33-17-10-16-32-21-22(3)4)20-23-14-15-25-11-7-8-12-26(25)19-23;/h7-8,11-12,14-15,19,22,24,27-28,32H,5-6,9-10,13,16-18,20-21H2,1-4H3,(H,33,36)(H,34,37);1H/t27-,28+;/m1./s1. The Morgan fingerprint density at radius 2 is 1.72 bits per heavy atom. The molecule has 39 heavy (non-hydrogen) atoms. The number of benzene rings is 2. The van der Waals surface area contributed by atoms with Crippen LogP contribution in [0.2, 0.25) is 0 Å². The van der Waals surface area contributed by atoms with E-state index in [1.165, 1.54) is 0 Å². The third-order valence-electron chi connectivity index (χ3n) is 7.44. The monoisotopic (exact) mass is 558 g/mol. The molecular weight excluding hydrogens is 512 g/mol. The van der Waals surface area contributed by atoms with Gasteiger partial charge in [-0.3, -0.25) is 14.4 Å². The number of fused-ring (bicyclic) bond motifs is 1. The molecule has 0 aliphatic carbocycles. The van der Waals surface area contributed by atoms with Gasteiger partial charge in [0.2, 0.25) is 17.7 Å². The number of carbonyl (C=O) groups excluding carboxylic acids is 3. The quantitative estimate of drug-likeness (QED) is 0.298. The molecule has 0 radical (unpaired) electrons. The number of likely N-dealkylation sites (tertiary alicyclic amines) is 1. The van der Waals surface area contributed by atoms with Gasteiger partial charge in [-0.25, -0.2) is 0 Å². The summed E-state index contributed by atoms with van der Waals surface area (Å²) < 4.78 is 0. The number of nitrogens with zero attached hydrogens (tertiary/aromatic N) is 1. The molecule has 1 aliphatic heterocycles. The van der Waals surface area contributed by atoms with Gasteiger partial charge in [-0.15, -0.1) is 12.4 Å². The molecule has 3 amide bonds. The van der Waals surface area contributed by atoms with Gasteiger partial charge in [0.1, 0.15) is 12.1 Å². The van der Waals surface area contributed by atoms with Crippen LogP contribution >= 0.6 is 12.4 Å². The van der Waals surface area contributed by atoms with E-state index in [1.54, 1.807) is 4.90 Å². The minimum absolute atomic E-state index is 0. The second-order valence-corrected chi connectivity index (χ2v) is 10.9. The Balaban J connectivity index is 0.00000533. The summed E-state index contributed by atoms with van der Waals surface area (Å²) in [4.78, 5) is 41.6. The third kappa shape index (κ3) is 9.50. The third-order valence-corrected chi connectivity index (χ3v) is 7.44. The van der Waals surface area contributed by atoms with E-state index in [9.17, 15) is 14.4 Å². The fourth-order valence-corrected chi connectivity index (χ4v) is 5.19. The normalized spacial score (nSPS) is 15.8. The van der Waals surface area contributed by atoms with Crippen molar-refractivity contribution in [2.24, 2.45) is 11.8 Å². The van der Waals surface area contributed by atoms with Crippen LogP contribution in [0.4, 0.5) is 0 Å². The van der Waals surface area contributed by atoms with Crippen LogP contribution in [0.15, 0.2) is 42.5 Å². The van der Waals surface area contributed by atoms with Crippen LogP contribution in [0, 0.1) is 11.8 Å². The van der Waals surface area contributed by atoms with Gasteiger partial charge in [0.15, 0.2) is 0 Å². The summed E-state index contributed by atoms with van der Waals surface area (Å²) in [6.07, 6.45) is 4.16. The molecule has 1 aliphatic rings. The molecule has 0 bridgehead atoms. The first-order chi connectivity index (χ1) is 18.3. The highest BCUT2D eigenvalue weighted by molar-refractivity contribution is 5.93. The summed E-state index contributed by atoms with van der Waals surface area (Å²) in [5.41, 5.74) is 0.985. The fraction of sp³-hybridized carbons (Fsp3) is 0.581. The number of carbonyl (C=O) groups is 3. The van der Waals surface area contributed by atoms with Crippen LogP contribution in [-0.2, 0) is 20.8 Å². The number of hydrogen-bond donors (Lipinski definition) is 3. The lowest BCUT2D eigenvalue weighted by molar-refractivity contribution is -0.142. The summed E-state index contributed by atoms with van der Waals surface area (Å²) in [5.74, 6) is 0.146. The maximum Gasteiger partial charge on any atom is 0.243 e. The van der Waals surface area contributed by atoms with Crippen LogP contribution in [0.25, 0.3) is 10.8 Å². The number of amides is 3. The van der Waals surface area contributed by atoms with E-state index in [0.717, 1.165) is 55.1 Å². The van der Waals surface area contributed by atoms with Gasteiger partial charge in [0.05, 0.1) is 0 Å². The van der Waals surface area contributed by atoms with Gasteiger partial charge >= 0.3 is 0 Å². The van der Waals surface area contributed by atoms with Crippen molar-refractivity contribution in [3.05, 3.63) is 48.0 Å². The van der Waals surface area contributed by atoms with Crippen molar-refractivity contribution in [2.75, 3.05) is 26.2 Å². The van der Waals surface area contributed by atoms with Gasteiger partial charge in [-0.2, -0.15) is 0 Å². The first-order valence-electron chi connectivity index (χ1n) is 14.4. The van der Waals surface area contributed by atoms with E-state index in [4.69, 9.17) is 0 Å². The first-order valence-corrected chi connectivity index (χ1v) is 14.4. The fourth-order valence-electron chi connectivity index (χ4n) is 5.19. The summed E-state index contributed by atoms with van der Waals surface area (Å²) in [5, 5.41) is 11.7. The van der Waals surface area contributed by atoms with E-state index in [0.29, 0.717) is 31.8 Å². The maximum atomic E-state index is 13.5. The van der Waals surface area contributed by atoms with Crippen molar-refractivity contribution in [1.29, 1.82) is 0 Å². The number of nitrogens with one attached hydrogen (secondary N) is 3. The molecule has 2 aromatic rings. The minimum atomic E-state index is -0.710. The molecule has 0 aromatic heterocycles.